The van der Waals surface area contributed by atoms with Gasteiger partial charge in [-0.2, -0.15) is 0 Å². The fourth-order valence-corrected chi connectivity index (χ4v) is 2.34. The van der Waals surface area contributed by atoms with Crippen LogP contribution in [0.1, 0.15) is 46.5 Å². The lowest BCUT2D eigenvalue weighted by atomic mass is 9.97. The Bertz CT molecular complexity index is 482. The first-order valence-corrected chi connectivity index (χ1v) is 7.86. The molecule has 9 heteroatoms. The molecule has 2 atom stereocenters. The molecule has 0 bridgehead atoms. The number of likely N-dealkylation sites (tertiary alicyclic amines) is 1. The molecule has 24 heavy (non-hydrogen) atoms. The van der Waals surface area contributed by atoms with Crippen molar-refractivity contribution in [3.8, 4) is 0 Å². The Kier molecular flexibility index (Phi) is 8.97. The lowest BCUT2D eigenvalue weighted by molar-refractivity contribution is -0.146. The van der Waals surface area contributed by atoms with Gasteiger partial charge in [0.25, 0.3) is 0 Å². The molecule has 0 saturated carbocycles. The summed E-state index contributed by atoms with van der Waals surface area (Å²) in [4.78, 5) is 45.5. The van der Waals surface area contributed by atoms with Gasteiger partial charge in [0.1, 0.15) is 11.6 Å². The molecule has 0 unspecified atom stereocenters. The van der Waals surface area contributed by atoms with Gasteiger partial charge in [-0.1, -0.05) is 6.92 Å². The Hall–Kier alpha value is -2.16. The first-order chi connectivity index (χ1) is 11.1. The number of nitrogens with zero attached hydrogens (tertiary/aromatic N) is 1. The molecular weight excluding hydrogens is 318 g/mol. The molecule has 1 rings (SSSR count). The summed E-state index contributed by atoms with van der Waals surface area (Å²) in [7, 11) is 0. The van der Waals surface area contributed by atoms with Crippen LogP contribution in [0.4, 0.5) is 0 Å². The van der Waals surface area contributed by atoms with Gasteiger partial charge < -0.3 is 26.2 Å². The lowest BCUT2D eigenvalue weighted by Gasteiger charge is -2.34. The zero-order chi connectivity index (χ0) is 18.9. The number of hydrogen-bond acceptors (Lipinski definition) is 5. The summed E-state index contributed by atoms with van der Waals surface area (Å²) >= 11 is 0. The predicted molar refractivity (Wildman–Crippen MR) is 86.2 cm³/mol. The van der Waals surface area contributed by atoms with Gasteiger partial charge in [-0.15, -0.1) is 0 Å². The quantitative estimate of drug-likeness (QED) is 0.520. The average Bonchev–Trinajstić information content (AvgIpc) is 2.90. The largest absolute Gasteiger partial charge is 0.481 e. The average molecular weight is 345 g/mol. The van der Waals surface area contributed by atoms with Crippen molar-refractivity contribution in [1.29, 1.82) is 0 Å². The Balaban J connectivity index is 0.000000754. The van der Waals surface area contributed by atoms with E-state index in [-0.39, 0.29) is 12.5 Å². The van der Waals surface area contributed by atoms with E-state index in [4.69, 9.17) is 15.9 Å². The van der Waals surface area contributed by atoms with Gasteiger partial charge in [0, 0.05) is 13.0 Å². The van der Waals surface area contributed by atoms with Crippen molar-refractivity contribution in [2.75, 3.05) is 13.1 Å². The van der Waals surface area contributed by atoms with Gasteiger partial charge in [0.2, 0.25) is 11.8 Å². The molecule has 0 spiro atoms. The van der Waals surface area contributed by atoms with E-state index in [1.807, 2.05) is 6.92 Å². The van der Waals surface area contributed by atoms with E-state index >= 15 is 0 Å². The summed E-state index contributed by atoms with van der Waals surface area (Å²) in [6, 6.07) is -0.982. The van der Waals surface area contributed by atoms with Gasteiger partial charge in [-0.3, -0.25) is 19.2 Å². The number of carbonyl (C=O) groups is 4. The maximum atomic E-state index is 12.1. The van der Waals surface area contributed by atoms with Crippen molar-refractivity contribution in [1.82, 2.24) is 10.2 Å². The molecule has 1 aliphatic heterocycles. The van der Waals surface area contributed by atoms with E-state index in [0.29, 0.717) is 25.8 Å². The fourth-order valence-electron chi connectivity index (χ4n) is 2.34. The van der Waals surface area contributed by atoms with Crippen LogP contribution >= 0.6 is 0 Å². The van der Waals surface area contributed by atoms with Gasteiger partial charge in [0.05, 0.1) is 6.54 Å². The molecule has 0 aliphatic carbocycles. The van der Waals surface area contributed by atoms with Crippen LogP contribution in [0.15, 0.2) is 0 Å². The normalized spacial score (nSPS) is 20.6. The summed E-state index contributed by atoms with van der Waals surface area (Å²) in [6.45, 7) is 5.18. The second kappa shape index (κ2) is 9.86. The zero-order valence-corrected chi connectivity index (χ0v) is 14.4. The van der Waals surface area contributed by atoms with Crippen LogP contribution in [0.2, 0.25) is 0 Å². The van der Waals surface area contributed by atoms with Crippen LogP contribution in [-0.4, -0.2) is 63.5 Å². The first-order valence-electron chi connectivity index (χ1n) is 7.86. The molecule has 5 N–H and O–H groups in total. The van der Waals surface area contributed by atoms with Gasteiger partial charge >= 0.3 is 11.9 Å². The molecule has 2 amide bonds. The number of nitrogens with two attached hydrogens (primary N) is 1. The molecule has 138 valence electrons. The molecule has 0 radical (unpaired) electrons. The van der Waals surface area contributed by atoms with Crippen LogP contribution in [0, 0.1) is 0 Å². The monoisotopic (exact) mass is 345 g/mol. The number of hydrogen-bond donors (Lipinski definition) is 4. The predicted octanol–water partition coefficient (Wildman–Crippen LogP) is -0.213. The van der Waals surface area contributed by atoms with Crippen molar-refractivity contribution >= 4 is 23.8 Å². The minimum Gasteiger partial charge on any atom is -0.481 e. The van der Waals surface area contributed by atoms with Crippen LogP contribution in [0.3, 0.4) is 0 Å². The zero-order valence-electron chi connectivity index (χ0n) is 14.4. The number of aliphatic carboxylic acids is 2. The third-order valence-corrected chi connectivity index (χ3v) is 3.79. The number of carboxylic acid groups (broad SMARTS) is 2. The number of nitrogens with one attached hydrogen (secondary N) is 1. The number of carboxylic acids is 2. The Morgan fingerprint density at radius 3 is 2.25 bits per heavy atom. The summed E-state index contributed by atoms with van der Waals surface area (Å²) < 4.78 is 0. The number of rotatable bonds is 6. The maximum absolute atomic E-state index is 12.1. The van der Waals surface area contributed by atoms with Gasteiger partial charge in [0.15, 0.2) is 0 Å². The second-order valence-corrected chi connectivity index (χ2v) is 5.80. The number of amides is 2. The molecule has 0 aromatic heterocycles. The third-order valence-electron chi connectivity index (χ3n) is 3.79. The highest BCUT2D eigenvalue weighted by molar-refractivity contribution is 5.94. The van der Waals surface area contributed by atoms with E-state index in [0.717, 1.165) is 6.42 Å². The SMILES string of the molecule is CCCC(=O)O.C[C@H](NC(=O)[C@]1(C)CCCN1C(=O)CN)C(=O)O. The molecule has 1 heterocycles. The van der Waals surface area contributed by atoms with Crippen molar-refractivity contribution in [3.05, 3.63) is 0 Å². The molecule has 9 nitrogen and oxygen atoms in total. The molecule has 1 saturated heterocycles. The van der Waals surface area contributed by atoms with Crippen molar-refractivity contribution in [2.24, 2.45) is 5.73 Å². The topological polar surface area (TPSA) is 150 Å². The first kappa shape index (κ1) is 21.8. The summed E-state index contributed by atoms with van der Waals surface area (Å²) in [5, 5.41) is 19.1. The van der Waals surface area contributed by atoms with E-state index in [9.17, 15) is 19.2 Å². The minimum absolute atomic E-state index is 0.155. The molecule has 1 fully saturated rings. The Morgan fingerprint density at radius 1 is 1.29 bits per heavy atom. The molecule has 0 aromatic carbocycles. The molecule has 0 aromatic rings. The standard InChI is InChI=1S/C11H19N3O4.C4H8O2/c1-7(9(16)17)13-10(18)11(2)4-3-5-14(11)8(15)6-12;1-2-3-4(5)6/h7H,3-6,12H2,1-2H3,(H,13,18)(H,16,17);2-3H2,1H3,(H,5,6)/t7-,11-;/m0./s1. The van der Waals surface area contributed by atoms with Crippen LogP contribution in [0.25, 0.3) is 0 Å². The Labute approximate surface area is 141 Å². The molecular formula is C15H27N3O6. The van der Waals surface area contributed by atoms with Crippen LogP contribution in [0.5, 0.6) is 0 Å². The summed E-state index contributed by atoms with van der Waals surface area (Å²) in [5.74, 6) is -2.57. The highest BCUT2D eigenvalue weighted by atomic mass is 16.4. The van der Waals surface area contributed by atoms with Gasteiger partial charge in [-0.25, -0.2) is 0 Å². The Morgan fingerprint density at radius 2 is 1.88 bits per heavy atom. The second-order valence-electron chi connectivity index (χ2n) is 5.80. The lowest BCUT2D eigenvalue weighted by Crippen LogP contribution is -2.58. The fraction of sp³-hybridized carbons (Fsp3) is 0.733. The third kappa shape index (κ3) is 6.15. The highest BCUT2D eigenvalue weighted by Crippen LogP contribution is 2.29. The minimum atomic E-state index is -1.11. The smallest absolute Gasteiger partial charge is 0.325 e. The summed E-state index contributed by atoms with van der Waals surface area (Å²) in [6.07, 6.45) is 2.24. The van der Waals surface area contributed by atoms with Gasteiger partial charge in [-0.05, 0) is 33.1 Å². The van der Waals surface area contributed by atoms with Crippen LogP contribution in [-0.2, 0) is 19.2 Å². The van der Waals surface area contributed by atoms with Crippen LogP contribution < -0.4 is 11.1 Å². The van der Waals surface area contributed by atoms with E-state index in [1.54, 1.807) is 6.92 Å². The van der Waals surface area contributed by atoms with E-state index < -0.39 is 29.4 Å². The van der Waals surface area contributed by atoms with Crippen molar-refractivity contribution in [2.45, 2.75) is 58.0 Å². The maximum Gasteiger partial charge on any atom is 0.325 e. The molecule has 1 aliphatic rings. The van der Waals surface area contributed by atoms with E-state index in [1.165, 1.54) is 11.8 Å². The highest BCUT2D eigenvalue weighted by Gasteiger charge is 2.45. The van der Waals surface area contributed by atoms with E-state index in [2.05, 4.69) is 5.32 Å². The number of carbonyl (C=O) groups excluding carboxylic acids is 2. The van der Waals surface area contributed by atoms with Crippen molar-refractivity contribution in [3.63, 3.8) is 0 Å². The summed E-state index contributed by atoms with van der Waals surface area (Å²) in [5.41, 5.74) is 4.31. The van der Waals surface area contributed by atoms with Crippen molar-refractivity contribution < 1.29 is 29.4 Å².